The van der Waals surface area contributed by atoms with Gasteiger partial charge in [0.25, 0.3) is 0 Å². The number of carboxylic acids is 1. The van der Waals surface area contributed by atoms with E-state index in [-0.39, 0.29) is 82.0 Å². The van der Waals surface area contributed by atoms with Crippen LogP contribution < -0.4 is 4.74 Å². The topological polar surface area (TPSA) is 126 Å². The summed E-state index contributed by atoms with van der Waals surface area (Å²) >= 11 is 0. The molecule has 16 atom stereocenters. The van der Waals surface area contributed by atoms with Crippen molar-refractivity contribution in [3.63, 3.8) is 0 Å². The van der Waals surface area contributed by atoms with Gasteiger partial charge >= 0.3 is 5.97 Å². The van der Waals surface area contributed by atoms with E-state index in [9.17, 15) is 24.9 Å². The van der Waals surface area contributed by atoms with Gasteiger partial charge in [0.2, 0.25) is 0 Å². The molecule has 1 aromatic rings. The number of fused-ring (bicyclic) bond motifs is 8. The lowest BCUT2D eigenvalue weighted by atomic mass is 9.43. The third-order valence-corrected chi connectivity index (χ3v) is 19.5. The second-order valence-electron chi connectivity index (χ2n) is 22.0. The van der Waals surface area contributed by atoms with Crippen LogP contribution in [0.1, 0.15) is 147 Å². The largest absolute Gasteiger partial charge is 0.491 e. The number of rotatable bonds is 10. The Morgan fingerprint density at radius 2 is 1.82 bits per heavy atom. The minimum atomic E-state index is -0.752. The first-order valence-corrected chi connectivity index (χ1v) is 24.3. The Morgan fingerprint density at radius 3 is 2.61 bits per heavy atom. The van der Waals surface area contributed by atoms with E-state index in [0.29, 0.717) is 43.8 Å². The fraction of sp³-hybridized carbons (Fsp3) is 0.736. The van der Waals surface area contributed by atoms with E-state index in [1.807, 2.05) is 13.0 Å². The lowest BCUT2D eigenvalue weighted by Gasteiger charge is -2.63. The van der Waals surface area contributed by atoms with E-state index in [0.717, 1.165) is 88.4 Å². The Kier molecular flexibility index (Phi) is 10.6. The average molecular weight is 835 g/mol. The summed E-state index contributed by atoms with van der Waals surface area (Å²) < 4.78 is 19.7. The minimum absolute atomic E-state index is 0.0578. The zero-order valence-corrected chi connectivity index (χ0v) is 37.3. The SMILES string of the molecule is CC#C[C@]12CCC3C4CCC5=CC(=O)CCC5=C4[C@@H](c4ccc(OCCO[C@H]5CC[C@@]6(C)C(C5)C[C@@H](O)[C@H]5[C@@H]7CC[C@H]([C@H](C)CCC(=O)O)[C@@]7(C)[C@@H](O)C[C@@H]56)c(C)c4)C[C@@]31O2. The van der Waals surface area contributed by atoms with Crippen LogP contribution >= 0.6 is 0 Å². The molecule has 9 aliphatic rings. The van der Waals surface area contributed by atoms with Crippen LogP contribution in [-0.4, -0.2) is 69.8 Å². The van der Waals surface area contributed by atoms with Crippen molar-refractivity contribution in [1.82, 2.24) is 0 Å². The number of carbonyl (C=O) groups is 2. The molecule has 0 aromatic heterocycles. The number of benzene rings is 1. The summed E-state index contributed by atoms with van der Waals surface area (Å²) in [6, 6.07) is 6.75. The van der Waals surface area contributed by atoms with Crippen LogP contribution in [0, 0.1) is 76.9 Å². The molecule has 8 nitrogen and oxygen atoms in total. The summed E-state index contributed by atoms with van der Waals surface area (Å²) in [5, 5.41) is 33.2. The van der Waals surface area contributed by atoms with Gasteiger partial charge < -0.3 is 29.5 Å². The molecule has 8 heteroatoms. The second kappa shape index (κ2) is 15.3. The number of hydrogen-bond acceptors (Lipinski definition) is 7. The van der Waals surface area contributed by atoms with Crippen molar-refractivity contribution in [2.75, 3.05) is 13.2 Å². The van der Waals surface area contributed by atoms with Crippen molar-refractivity contribution >= 4 is 11.8 Å². The molecular formula is C53H70O8. The third kappa shape index (κ3) is 6.50. The highest BCUT2D eigenvalue weighted by molar-refractivity contribution is 5.93. The van der Waals surface area contributed by atoms with Crippen LogP contribution in [-0.2, 0) is 19.1 Å². The molecule has 0 amide bonds. The third-order valence-electron chi connectivity index (χ3n) is 19.5. The van der Waals surface area contributed by atoms with Crippen molar-refractivity contribution in [2.24, 2.45) is 58.2 Å². The van der Waals surface area contributed by atoms with Crippen LogP contribution in [0.25, 0.3) is 0 Å². The molecule has 10 rings (SSSR count). The highest BCUT2D eigenvalue weighted by atomic mass is 16.6. The minimum Gasteiger partial charge on any atom is -0.491 e. The van der Waals surface area contributed by atoms with Crippen LogP contribution in [0.4, 0.5) is 0 Å². The first kappa shape index (κ1) is 42.0. The molecule has 8 aliphatic carbocycles. The zero-order valence-electron chi connectivity index (χ0n) is 37.3. The molecule has 0 bridgehead atoms. The van der Waals surface area contributed by atoms with E-state index in [1.165, 1.54) is 23.1 Å². The maximum absolute atomic E-state index is 12.5. The number of carbonyl (C=O) groups excluding carboxylic acids is 1. The number of aryl methyl sites for hydroxylation is 1. The molecule has 61 heavy (non-hydrogen) atoms. The number of ketones is 1. The van der Waals surface area contributed by atoms with E-state index in [4.69, 9.17) is 14.2 Å². The Bertz CT molecular complexity index is 2080. The number of hydrogen-bond donors (Lipinski definition) is 3. The highest BCUT2D eigenvalue weighted by Gasteiger charge is 2.79. The summed E-state index contributed by atoms with van der Waals surface area (Å²) in [7, 11) is 0. The van der Waals surface area contributed by atoms with Gasteiger partial charge in [0.05, 0.1) is 24.9 Å². The van der Waals surface area contributed by atoms with Crippen LogP contribution in [0.15, 0.2) is 41.0 Å². The second-order valence-corrected chi connectivity index (χ2v) is 22.0. The number of aliphatic hydroxyl groups excluding tert-OH is 2. The van der Waals surface area contributed by atoms with Crippen LogP contribution in [0.2, 0.25) is 0 Å². The molecule has 0 radical (unpaired) electrons. The maximum Gasteiger partial charge on any atom is 0.303 e. The van der Waals surface area contributed by atoms with Gasteiger partial charge in [0.15, 0.2) is 11.4 Å². The Labute approximate surface area is 363 Å². The molecular weight excluding hydrogens is 765 g/mol. The Balaban J connectivity index is 0.780. The summed E-state index contributed by atoms with van der Waals surface area (Å²) in [5.74, 6) is 9.95. The fourth-order valence-corrected chi connectivity index (χ4v) is 16.6. The lowest BCUT2D eigenvalue weighted by Crippen LogP contribution is -2.62. The van der Waals surface area contributed by atoms with Crippen molar-refractivity contribution in [3.05, 3.63) is 52.1 Å². The Morgan fingerprint density at radius 1 is 0.984 bits per heavy atom. The summed E-state index contributed by atoms with van der Waals surface area (Å²) in [6.07, 6.45) is 15.2. The van der Waals surface area contributed by atoms with E-state index >= 15 is 0 Å². The van der Waals surface area contributed by atoms with Gasteiger partial charge in [-0.3, -0.25) is 9.59 Å². The highest BCUT2D eigenvalue weighted by Crippen LogP contribution is 2.73. The lowest BCUT2D eigenvalue weighted by molar-refractivity contribution is -0.209. The number of epoxide rings is 1. The molecule has 1 spiro atoms. The smallest absolute Gasteiger partial charge is 0.303 e. The number of aliphatic carboxylic acids is 1. The van der Waals surface area contributed by atoms with Crippen LogP contribution in [0.5, 0.6) is 5.75 Å². The Hall–Kier alpha value is -2.96. The average Bonchev–Trinajstić information content (AvgIpc) is 3.49. The molecule has 1 aliphatic heterocycles. The first-order chi connectivity index (χ1) is 29.2. The fourth-order valence-electron chi connectivity index (χ4n) is 16.6. The molecule has 1 saturated heterocycles. The van der Waals surface area contributed by atoms with Gasteiger partial charge in [0.1, 0.15) is 18.0 Å². The molecule has 1 heterocycles. The van der Waals surface area contributed by atoms with E-state index in [2.05, 4.69) is 57.7 Å². The number of carboxylic acid groups (broad SMARTS) is 1. The molecule has 6 saturated carbocycles. The predicted molar refractivity (Wildman–Crippen MR) is 233 cm³/mol. The quantitative estimate of drug-likeness (QED) is 0.121. The van der Waals surface area contributed by atoms with Crippen molar-refractivity contribution in [2.45, 2.75) is 173 Å². The molecule has 3 unspecified atom stereocenters. The van der Waals surface area contributed by atoms with Gasteiger partial charge in [-0.15, -0.1) is 5.92 Å². The summed E-state index contributed by atoms with van der Waals surface area (Å²) in [5.41, 5.74) is 6.07. The van der Waals surface area contributed by atoms with E-state index < -0.39 is 12.1 Å². The molecule has 7 fully saturated rings. The molecule has 1 aromatic carbocycles. The number of ether oxygens (including phenoxy) is 3. The normalized spacial score (nSPS) is 44.7. The summed E-state index contributed by atoms with van der Waals surface area (Å²) in [4.78, 5) is 23.9. The number of allylic oxidation sites excluding steroid dienone is 4. The predicted octanol–water partition coefficient (Wildman–Crippen LogP) is 9.28. The van der Waals surface area contributed by atoms with Gasteiger partial charge in [-0.05, 0) is 196 Å². The monoisotopic (exact) mass is 835 g/mol. The standard InChI is InChI=1S/C53H70O8/c1-6-19-52-21-18-41-38-11-8-33-25-35(54)10-12-37(33)48(38)39(29-53(41,52)61-52)32-9-15-45(31(3)24-32)60-23-22-59-36-17-20-50(4)34(26-36)27-44(55)49-42-14-13-40(30(2)7-16-47(57)58)51(42,5)46(56)28-43(49)50/h9,15,24-25,30,34,36,38-44,46,49,55-56H,7-8,10-14,16-18,20-23,26-29H2,1-5H3,(H,57,58)/t30-,34?,36+,38?,39-,40-,41?,42+,43+,44-,46+,49+,50+,51-,52+,53-/m1/s1. The van der Waals surface area contributed by atoms with Crippen LogP contribution in [0.3, 0.4) is 0 Å². The van der Waals surface area contributed by atoms with Gasteiger partial charge in [-0.25, -0.2) is 0 Å². The molecule has 330 valence electrons. The zero-order chi connectivity index (χ0) is 42.6. The van der Waals surface area contributed by atoms with Crippen molar-refractivity contribution < 1.29 is 39.1 Å². The number of aliphatic hydroxyl groups is 2. The van der Waals surface area contributed by atoms with Gasteiger partial charge in [-0.1, -0.05) is 44.4 Å². The summed E-state index contributed by atoms with van der Waals surface area (Å²) in [6.45, 7) is 12.0. The van der Waals surface area contributed by atoms with Crippen molar-refractivity contribution in [3.8, 4) is 17.6 Å². The van der Waals surface area contributed by atoms with Gasteiger partial charge in [0, 0.05) is 18.8 Å². The maximum atomic E-state index is 12.5. The molecule has 3 N–H and O–H groups in total. The van der Waals surface area contributed by atoms with Crippen molar-refractivity contribution in [1.29, 1.82) is 0 Å². The van der Waals surface area contributed by atoms with E-state index in [1.54, 1.807) is 5.57 Å². The first-order valence-electron chi connectivity index (χ1n) is 24.3. The van der Waals surface area contributed by atoms with Gasteiger partial charge in [-0.2, -0.15) is 0 Å².